The molecular weight excluding hydrogens is 386 g/mol. The molecule has 0 saturated heterocycles. The summed E-state index contributed by atoms with van der Waals surface area (Å²) in [6, 6.07) is 12.6. The van der Waals surface area contributed by atoms with Gasteiger partial charge in [0.25, 0.3) is 5.91 Å². The van der Waals surface area contributed by atoms with E-state index >= 15 is 0 Å². The fraction of sp³-hybridized carbons (Fsp3) is 0.316. The molecule has 6 heteroatoms. The zero-order chi connectivity index (χ0) is 18.4. The first-order valence-electron chi connectivity index (χ1n) is 7.89. The SMILES string of the molecule is COc1ccc(OC)c([C@H](C)NC(=O)[C@H](C)Oc2ccc(Br)cc2)c1. The Balaban J connectivity index is 2.05. The largest absolute Gasteiger partial charge is 0.497 e. The molecule has 2 aromatic carbocycles. The molecule has 0 saturated carbocycles. The third-order valence-corrected chi connectivity index (χ3v) is 4.29. The van der Waals surface area contributed by atoms with E-state index < -0.39 is 6.10 Å². The predicted octanol–water partition coefficient (Wildman–Crippen LogP) is 4.11. The molecule has 0 unspecified atom stereocenters. The summed E-state index contributed by atoms with van der Waals surface area (Å²) >= 11 is 3.37. The molecule has 2 aromatic rings. The fourth-order valence-electron chi connectivity index (χ4n) is 2.36. The van der Waals surface area contributed by atoms with Crippen LogP contribution in [0.2, 0.25) is 0 Å². The van der Waals surface area contributed by atoms with Crippen LogP contribution in [0.25, 0.3) is 0 Å². The van der Waals surface area contributed by atoms with E-state index in [1.165, 1.54) is 0 Å². The van der Waals surface area contributed by atoms with E-state index in [2.05, 4.69) is 21.2 Å². The summed E-state index contributed by atoms with van der Waals surface area (Å²) in [4.78, 5) is 12.4. The molecule has 0 aliphatic carbocycles. The number of halogens is 1. The minimum atomic E-state index is -0.625. The average molecular weight is 408 g/mol. The van der Waals surface area contributed by atoms with Gasteiger partial charge in [0.05, 0.1) is 20.3 Å². The number of rotatable bonds is 7. The molecule has 2 rings (SSSR count). The third kappa shape index (κ3) is 5.13. The first kappa shape index (κ1) is 19.1. The maximum absolute atomic E-state index is 12.4. The molecule has 0 radical (unpaired) electrons. The standard InChI is InChI=1S/C19H22BrNO4/c1-12(17-11-16(23-3)9-10-18(17)24-4)21-19(22)13(2)25-15-7-5-14(20)6-8-15/h5-13H,1-4H3,(H,21,22)/t12-,13-/m0/s1. The van der Waals surface area contributed by atoms with Crippen LogP contribution in [0.3, 0.4) is 0 Å². The Morgan fingerprint density at radius 1 is 1.00 bits per heavy atom. The molecule has 1 amide bonds. The van der Waals surface area contributed by atoms with Crippen molar-refractivity contribution in [3.05, 3.63) is 52.5 Å². The van der Waals surface area contributed by atoms with Gasteiger partial charge in [0.2, 0.25) is 0 Å². The van der Waals surface area contributed by atoms with Crippen molar-refractivity contribution in [2.45, 2.75) is 26.0 Å². The van der Waals surface area contributed by atoms with Gasteiger partial charge in [0.15, 0.2) is 6.10 Å². The van der Waals surface area contributed by atoms with Crippen LogP contribution in [-0.2, 0) is 4.79 Å². The molecule has 25 heavy (non-hydrogen) atoms. The van der Waals surface area contributed by atoms with Gasteiger partial charge < -0.3 is 19.5 Å². The lowest BCUT2D eigenvalue weighted by Crippen LogP contribution is -2.37. The van der Waals surface area contributed by atoms with Crippen LogP contribution in [0.4, 0.5) is 0 Å². The van der Waals surface area contributed by atoms with Gasteiger partial charge in [-0.3, -0.25) is 4.79 Å². The second kappa shape index (κ2) is 8.76. The Kier molecular flexibility index (Phi) is 6.70. The van der Waals surface area contributed by atoms with Crippen molar-refractivity contribution in [1.29, 1.82) is 0 Å². The summed E-state index contributed by atoms with van der Waals surface area (Å²) in [5.74, 6) is 1.82. The van der Waals surface area contributed by atoms with Gasteiger partial charge in [-0.25, -0.2) is 0 Å². The summed E-state index contributed by atoms with van der Waals surface area (Å²) in [5, 5.41) is 2.94. The van der Waals surface area contributed by atoms with E-state index in [-0.39, 0.29) is 11.9 Å². The van der Waals surface area contributed by atoms with Gasteiger partial charge >= 0.3 is 0 Å². The number of carbonyl (C=O) groups is 1. The minimum absolute atomic E-state index is 0.208. The number of carbonyl (C=O) groups excluding carboxylic acids is 1. The summed E-state index contributed by atoms with van der Waals surface area (Å²) < 4.78 is 17.3. The smallest absolute Gasteiger partial charge is 0.261 e. The number of methoxy groups -OCH3 is 2. The normalized spacial score (nSPS) is 12.8. The predicted molar refractivity (Wildman–Crippen MR) is 100 cm³/mol. The van der Waals surface area contributed by atoms with Crippen LogP contribution in [0, 0.1) is 0 Å². The van der Waals surface area contributed by atoms with E-state index in [0.717, 1.165) is 10.0 Å². The Labute approximate surface area is 156 Å². The molecule has 5 nitrogen and oxygen atoms in total. The number of ether oxygens (including phenoxy) is 3. The summed E-state index contributed by atoms with van der Waals surface area (Å²) in [7, 11) is 3.20. The molecule has 1 N–H and O–H groups in total. The molecular formula is C19H22BrNO4. The van der Waals surface area contributed by atoms with E-state index in [1.807, 2.05) is 49.4 Å². The van der Waals surface area contributed by atoms with Crippen molar-refractivity contribution in [3.63, 3.8) is 0 Å². The Morgan fingerprint density at radius 3 is 2.24 bits per heavy atom. The van der Waals surface area contributed by atoms with Crippen LogP contribution in [0.1, 0.15) is 25.5 Å². The maximum Gasteiger partial charge on any atom is 0.261 e. The molecule has 0 heterocycles. The van der Waals surface area contributed by atoms with Gasteiger partial charge in [0, 0.05) is 10.0 Å². The summed E-state index contributed by atoms with van der Waals surface area (Å²) in [6.45, 7) is 3.61. The van der Waals surface area contributed by atoms with Crippen molar-refractivity contribution < 1.29 is 19.0 Å². The highest BCUT2D eigenvalue weighted by Gasteiger charge is 2.20. The van der Waals surface area contributed by atoms with Gasteiger partial charge in [-0.15, -0.1) is 0 Å². The average Bonchev–Trinajstić information content (AvgIpc) is 2.62. The lowest BCUT2D eigenvalue weighted by atomic mass is 10.1. The first-order chi connectivity index (χ1) is 11.9. The van der Waals surface area contributed by atoms with Crippen molar-refractivity contribution in [2.24, 2.45) is 0 Å². The number of hydrogen-bond donors (Lipinski definition) is 1. The maximum atomic E-state index is 12.4. The van der Waals surface area contributed by atoms with Crippen molar-refractivity contribution in [3.8, 4) is 17.2 Å². The van der Waals surface area contributed by atoms with Crippen LogP contribution < -0.4 is 19.5 Å². The molecule has 0 aliphatic heterocycles. The second-order valence-corrected chi connectivity index (χ2v) is 6.47. The minimum Gasteiger partial charge on any atom is -0.497 e. The molecule has 0 fully saturated rings. The highest BCUT2D eigenvalue weighted by Crippen LogP contribution is 2.29. The second-order valence-electron chi connectivity index (χ2n) is 5.55. The van der Waals surface area contributed by atoms with Gasteiger partial charge in [-0.05, 0) is 56.3 Å². The molecule has 2 atom stereocenters. The molecule has 0 spiro atoms. The highest BCUT2D eigenvalue weighted by molar-refractivity contribution is 9.10. The van der Waals surface area contributed by atoms with E-state index in [0.29, 0.717) is 17.2 Å². The lowest BCUT2D eigenvalue weighted by Gasteiger charge is -2.21. The number of nitrogens with one attached hydrogen (secondary N) is 1. The van der Waals surface area contributed by atoms with Crippen molar-refractivity contribution >= 4 is 21.8 Å². The third-order valence-electron chi connectivity index (χ3n) is 3.76. The van der Waals surface area contributed by atoms with Gasteiger partial charge in [-0.1, -0.05) is 15.9 Å². The zero-order valence-electron chi connectivity index (χ0n) is 14.7. The van der Waals surface area contributed by atoms with Crippen LogP contribution >= 0.6 is 15.9 Å². The van der Waals surface area contributed by atoms with Crippen LogP contribution in [0.15, 0.2) is 46.9 Å². The number of benzene rings is 2. The fourth-order valence-corrected chi connectivity index (χ4v) is 2.62. The van der Waals surface area contributed by atoms with E-state index in [1.54, 1.807) is 21.1 Å². The molecule has 134 valence electrons. The quantitative estimate of drug-likeness (QED) is 0.749. The monoisotopic (exact) mass is 407 g/mol. The topological polar surface area (TPSA) is 56.8 Å². The first-order valence-corrected chi connectivity index (χ1v) is 8.68. The van der Waals surface area contributed by atoms with Crippen LogP contribution in [-0.4, -0.2) is 26.2 Å². The Hall–Kier alpha value is -2.21. The zero-order valence-corrected chi connectivity index (χ0v) is 16.3. The Morgan fingerprint density at radius 2 is 1.64 bits per heavy atom. The molecule has 0 aliphatic rings. The highest BCUT2D eigenvalue weighted by atomic mass is 79.9. The van der Waals surface area contributed by atoms with Crippen LogP contribution in [0.5, 0.6) is 17.2 Å². The van der Waals surface area contributed by atoms with Gasteiger partial charge in [0.1, 0.15) is 17.2 Å². The van der Waals surface area contributed by atoms with Gasteiger partial charge in [-0.2, -0.15) is 0 Å². The number of hydrogen-bond acceptors (Lipinski definition) is 4. The molecule has 0 bridgehead atoms. The van der Waals surface area contributed by atoms with E-state index in [9.17, 15) is 4.79 Å². The molecule has 0 aromatic heterocycles. The Bertz CT molecular complexity index is 718. The number of amides is 1. The summed E-state index contributed by atoms with van der Waals surface area (Å²) in [6.07, 6.45) is -0.625. The summed E-state index contributed by atoms with van der Waals surface area (Å²) in [5.41, 5.74) is 0.839. The van der Waals surface area contributed by atoms with Crippen molar-refractivity contribution in [2.75, 3.05) is 14.2 Å². The lowest BCUT2D eigenvalue weighted by molar-refractivity contribution is -0.127. The van der Waals surface area contributed by atoms with Crippen molar-refractivity contribution in [1.82, 2.24) is 5.32 Å². The van der Waals surface area contributed by atoms with E-state index in [4.69, 9.17) is 14.2 Å².